The molecule has 7 heteroatoms. The minimum Gasteiger partial charge on any atom is -0.388 e. The predicted molar refractivity (Wildman–Crippen MR) is 103 cm³/mol. The van der Waals surface area contributed by atoms with Crippen LogP contribution in [0.3, 0.4) is 0 Å². The van der Waals surface area contributed by atoms with E-state index in [4.69, 9.17) is 4.52 Å². The van der Waals surface area contributed by atoms with Crippen LogP contribution in [0.15, 0.2) is 84.5 Å². The third kappa shape index (κ3) is 8.58. The Labute approximate surface area is 244 Å². The summed E-state index contributed by atoms with van der Waals surface area (Å²) in [5.74, 6) is 0. The molecule has 0 bridgehead atoms. The standard InChI is InChI=1S/C21H23O3P.3Y/c1-16-20(22)14-17(15-21(16)23)12-13-24-25(18-8-4-2-5-9-18)19-10-6-3-7-11-19;;;/h2-12,20-23H,1,13-15H2;;;. The van der Waals surface area contributed by atoms with E-state index in [-0.39, 0.29) is 98.1 Å². The zero-order chi connectivity index (χ0) is 17.6. The molecule has 0 aliphatic heterocycles. The van der Waals surface area contributed by atoms with E-state index in [1.54, 1.807) is 0 Å². The van der Waals surface area contributed by atoms with E-state index in [0.717, 1.165) is 5.57 Å². The van der Waals surface area contributed by atoms with Gasteiger partial charge in [-0.05, 0) is 18.4 Å². The Morgan fingerprint density at radius 1 is 0.857 bits per heavy atom. The van der Waals surface area contributed by atoms with Crippen LogP contribution in [0.1, 0.15) is 12.8 Å². The Morgan fingerprint density at radius 2 is 1.29 bits per heavy atom. The summed E-state index contributed by atoms with van der Waals surface area (Å²) in [6.07, 6.45) is 1.70. The van der Waals surface area contributed by atoms with Crippen LogP contribution in [-0.2, 0) is 103 Å². The van der Waals surface area contributed by atoms with Crippen LogP contribution in [0.5, 0.6) is 0 Å². The summed E-state index contributed by atoms with van der Waals surface area (Å²) >= 11 is 0. The predicted octanol–water partition coefficient (Wildman–Crippen LogP) is 3.04. The molecule has 0 spiro atoms. The number of aliphatic hydroxyl groups excluding tert-OH is 2. The van der Waals surface area contributed by atoms with E-state index in [9.17, 15) is 10.2 Å². The second kappa shape index (κ2) is 15.4. The van der Waals surface area contributed by atoms with Crippen molar-refractivity contribution >= 4 is 18.8 Å². The first-order valence-electron chi connectivity index (χ1n) is 8.41. The van der Waals surface area contributed by atoms with Gasteiger partial charge < -0.3 is 14.7 Å². The summed E-state index contributed by atoms with van der Waals surface area (Å²) in [7, 11) is -0.896. The summed E-state index contributed by atoms with van der Waals surface area (Å²) in [6, 6.07) is 20.4. The van der Waals surface area contributed by atoms with Gasteiger partial charge in [-0.1, -0.05) is 78.9 Å². The molecule has 0 saturated heterocycles. The van der Waals surface area contributed by atoms with Gasteiger partial charge in [0.25, 0.3) is 0 Å². The maximum absolute atomic E-state index is 9.95. The fourth-order valence-electron chi connectivity index (χ4n) is 2.89. The van der Waals surface area contributed by atoms with Crippen molar-refractivity contribution in [2.75, 3.05) is 6.61 Å². The molecule has 0 heterocycles. The third-order valence-electron chi connectivity index (χ3n) is 4.32. The van der Waals surface area contributed by atoms with Crippen molar-refractivity contribution < 1.29 is 113 Å². The molecule has 0 aromatic heterocycles. The van der Waals surface area contributed by atoms with Gasteiger partial charge >= 0.3 is 0 Å². The van der Waals surface area contributed by atoms with E-state index in [1.807, 2.05) is 42.5 Å². The van der Waals surface area contributed by atoms with Gasteiger partial charge in [0, 0.05) is 109 Å². The van der Waals surface area contributed by atoms with Crippen LogP contribution in [0.25, 0.3) is 0 Å². The van der Waals surface area contributed by atoms with Crippen molar-refractivity contribution in [3.63, 3.8) is 0 Å². The summed E-state index contributed by atoms with van der Waals surface area (Å²) in [6.45, 7) is 4.20. The number of hydrogen-bond donors (Lipinski definition) is 2. The molecule has 28 heavy (non-hydrogen) atoms. The van der Waals surface area contributed by atoms with E-state index in [0.29, 0.717) is 25.0 Å². The first kappa shape index (κ1) is 29.5. The molecule has 3 radical (unpaired) electrons. The molecular weight excluding hydrogens is 598 g/mol. The molecule has 0 amide bonds. The molecule has 2 atom stereocenters. The van der Waals surface area contributed by atoms with Crippen LogP contribution in [0.2, 0.25) is 0 Å². The van der Waals surface area contributed by atoms with Crippen LogP contribution >= 0.6 is 8.15 Å². The van der Waals surface area contributed by atoms with E-state index in [1.165, 1.54) is 10.6 Å². The summed E-state index contributed by atoms with van der Waals surface area (Å²) < 4.78 is 6.22. The summed E-state index contributed by atoms with van der Waals surface area (Å²) in [5.41, 5.74) is 1.53. The van der Waals surface area contributed by atoms with Gasteiger partial charge in [0.2, 0.25) is 0 Å². The summed E-state index contributed by atoms with van der Waals surface area (Å²) in [4.78, 5) is 0. The normalized spacial score (nSPS) is 18.5. The van der Waals surface area contributed by atoms with Crippen molar-refractivity contribution in [2.45, 2.75) is 25.0 Å². The van der Waals surface area contributed by atoms with Crippen molar-refractivity contribution in [3.05, 3.63) is 84.5 Å². The van der Waals surface area contributed by atoms with Crippen molar-refractivity contribution in [1.29, 1.82) is 0 Å². The Hall–Kier alpha value is 1.54. The first-order valence-corrected chi connectivity index (χ1v) is 9.67. The van der Waals surface area contributed by atoms with E-state index < -0.39 is 20.4 Å². The second-order valence-corrected chi connectivity index (χ2v) is 8.02. The number of hydrogen-bond acceptors (Lipinski definition) is 3. The molecular formula is C21H23O3PY3. The average Bonchev–Trinajstić information content (AvgIpc) is 2.64. The van der Waals surface area contributed by atoms with Gasteiger partial charge in [-0.2, -0.15) is 0 Å². The maximum Gasteiger partial charge on any atom is 0.0922 e. The molecule has 3 nitrogen and oxygen atoms in total. The molecule has 3 rings (SSSR count). The molecule has 1 fully saturated rings. The molecule has 2 aromatic carbocycles. The Bertz CT molecular complexity index is 686. The zero-order valence-electron chi connectivity index (χ0n) is 15.8. The van der Waals surface area contributed by atoms with Gasteiger partial charge in [0.05, 0.1) is 27.0 Å². The van der Waals surface area contributed by atoms with Crippen LogP contribution < -0.4 is 10.6 Å². The van der Waals surface area contributed by atoms with Gasteiger partial charge in [-0.15, -0.1) is 0 Å². The monoisotopic (exact) mass is 621 g/mol. The Balaban J connectivity index is 0.00000243. The molecule has 1 aliphatic rings. The molecule has 1 saturated carbocycles. The van der Waals surface area contributed by atoms with Crippen molar-refractivity contribution in [1.82, 2.24) is 0 Å². The summed E-state index contributed by atoms with van der Waals surface area (Å²) in [5, 5.41) is 22.2. The quantitative estimate of drug-likeness (QED) is 0.399. The number of benzene rings is 2. The fourth-order valence-corrected chi connectivity index (χ4v) is 4.59. The number of aliphatic hydroxyl groups is 2. The van der Waals surface area contributed by atoms with E-state index >= 15 is 0 Å². The molecule has 2 aromatic rings. The van der Waals surface area contributed by atoms with Gasteiger partial charge in [0.1, 0.15) is 0 Å². The van der Waals surface area contributed by atoms with Crippen LogP contribution in [0.4, 0.5) is 0 Å². The van der Waals surface area contributed by atoms with Crippen LogP contribution in [-0.4, -0.2) is 29.0 Å². The van der Waals surface area contributed by atoms with Gasteiger partial charge in [-0.3, -0.25) is 0 Å². The SMILES string of the molecule is C=C1C(O)CC(=CCOP(c2ccccc2)c2ccccc2)CC1O.[Y].[Y].[Y]. The molecule has 2 N–H and O–H groups in total. The van der Waals surface area contributed by atoms with Gasteiger partial charge in [0.15, 0.2) is 0 Å². The van der Waals surface area contributed by atoms with Crippen molar-refractivity contribution in [2.24, 2.45) is 0 Å². The first-order chi connectivity index (χ1) is 12.1. The minimum absolute atomic E-state index is 0. The largest absolute Gasteiger partial charge is 0.388 e. The Kier molecular flexibility index (Phi) is 16.2. The smallest absolute Gasteiger partial charge is 0.0922 e. The van der Waals surface area contributed by atoms with E-state index in [2.05, 4.69) is 30.8 Å². The maximum atomic E-state index is 9.95. The molecule has 139 valence electrons. The van der Waals surface area contributed by atoms with Crippen LogP contribution in [0, 0.1) is 0 Å². The second-order valence-electron chi connectivity index (χ2n) is 6.14. The average molecular weight is 621 g/mol. The third-order valence-corrected chi connectivity index (χ3v) is 6.27. The molecule has 1 aliphatic carbocycles. The number of rotatable bonds is 5. The zero-order valence-corrected chi connectivity index (χ0v) is 25.2. The topological polar surface area (TPSA) is 49.7 Å². The minimum atomic E-state index is -0.896. The Morgan fingerprint density at radius 3 is 1.71 bits per heavy atom. The van der Waals surface area contributed by atoms with Crippen molar-refractivity contribution in [3.8, 4) is 0 Å². The fraction of sp³-hybridized carbons (Fsp3) is 0.238. The van der Waals surface area contributed by atoms with Gasteiger partial charge in [-0.25, -0.2) is 0 Å². The molecule has 2 unspecified atom stereocenters.